The summed E-state index contributed by atoms with van der Waals surface area (Å²) in [7, 11) is 1.68. The zero-order valence-corrected chi connectivity index (χ0v) is 16.6. The fourth-order valence-corrected chi connectivity index (χ4v) is 3.84. The van der Waals surface area contributed by atoms with Crippen molar-refractivity contribution >= 4 is 29.4 Å². The zero-order valence-electron chi connectivity index (χ0n) is 15.7. The van der Waals surface area contributed by atoms with E-state index in [1.165, 1.54) is 11.3 Å². The first-order valence-corrected chi connectivity index (χ1v) is 9.77. The van der Waals surface area contributed by atoms with E-state index in [1.807, 2.05) is 26.0 Å². The second kappa shape index (κ2) is 8.14. The third-order valence-corrected chi connectivity index (χ3v) is 5.73. The summed E-state index contributed by atoms with van der Waals surface area (Å²) in [5.74, 6) is 0.848. The Hall–Kier alpha value is -1.99. The summed E-state index contributed by atoms with van der Waals surface area (Å²) >= 11 is 1.42. The molecule has 1 saturated heterocycles. The molecule has 0 atom stereocenters. The second-order valence-corrected chi connectivity index (χ2v) is 7.60. The molecule has 0 radical (unpaired) electrons. The molecule has 0 spiro atoms. The molecule has 3 heterocycles. The summed E-state index contributed by atoms with van der Waals surface area (Å²) in [5, 5.41) is 4.97. The number of carbonyl (C=O) groups excluding carboxylic acids is 1. The van der Waals surface area contributed by atoms with Gasteiger partial charge in [-0.25, -0.2) is 4.98 Å². The van der Waals surface area contributed by atoms with Crippen LogP contribution in [0.5, 0.6) is 0 Å². The van der Waals surface area contributed by atoms with Crippen LogP contribution in [0.15, 0.2) is 4.52 Å². The summed E-state index contributed by atoms with van der Waals surface area (Å²) in [6.07, 6.45) is 7.20. The van der Waals surface area contributed by atoms with Crippen molar-refractivity contribution in [3.63, 3.8) is 0 Å². The molecule has 0 unspecified atom stereocenters. The van der Waals surface area contributed by atoms with Gasteiger partial charge < -0.3 is 14.2 Å². The summed E-state index contributed by atoms with van der Waals surface area (Å²) in [6.45, 7) is 7.26. The Labute approximate surface area is 157 Å². The number of rotatable bonds is 7. The largest absolute Gasteiger partial charge is 0.378 e. The third kappa shape index (κ3) is 3.88. The zero-order chi connectivity index (χ0) is 18.7. The molecule has 0 aromatic carbocycles. The molecule has 0 N–H and O–H groups in total. The molecule has 1 aliphatic heterocycles. The molecular weight excluding hydrogens is 350 g/mol. The number of unbranched alkanes of at least 4 members (excludes halogenated alkanes) is 1. The van der Waals surface area contributed by atoms with Crippen LogP contribution in [0.4, 0.5) is 0 Å². The number of nitrogens with zero attached hydrogens (tertiary/aromatic N) is 3. The molecule has 0 saturated carbocycles. The maximum absolute atomic E-state index is 12.6. The quantitative estimate of drug-likeness (QED) is 0.737. The molecule has 0 aliphatic carbocycles. The van der Waals surface area contributed by atoms with Crippen molar-refractivity contribution in [2.45, 2.75) is 46.1 Å². The van der Waals surface area contributed by atoms with E-state index in [0.29, 0.717) is 18.0 Å². The maximum atomic E-state index is 12.6. The van der Waals surface area contributed by atoms with Gasteiger partial charge in [-0.2, -0.15) is 0 Å². The van der Waals surface area contributed by atoms with Crippen LogP contribution in [-0.4, -0.2) is 47.3 Å². The average Bonchev–Trinajstić information content (AvgIpc) is 3.12. The van der Waals surface area contributed by atoms with Crippen molar-refractivity contribution in [3.8, 4) is 0 Å². The van der Waals surface area contributed by atoms with Crippen molar-refractivity contribution in [1.82, 2.24) is 15.0 Å². The monoisotopic (exact) mass is 375 g/mol. The molecular formula is C19H25N3O3S. The van der Waals surface area contributed by atoms with Gasteiger partial charge in [0.2, 0.25) is 0 Å². The van der Waals surface area contributed by atoms with E-state index < -0.39 is 0 Å². The Morgan fingerprint density at radius 1 is 1.38 bits per heavy atom. The van der Waals surface area contributed by atoms with Gasteiger partial charge in [0.15, 0.2) is 0 Å². The Kier molecular flexibility index (Phi) is 5.88. The molecule has 1 aliphatic rings. The molecule has 7 heteroatoms. The van der Waals surface area contributed by atoms with Crippen LogP contribution in [0.2, 0.25) is 0 Å². The van der Waals surface area contributed by atoms with Gasteiger partial charge in [0.25, 0.3) is 5.91 Å². The topological polar surface area (TPSA) is 68.5 Å². The number of ether oxygens (including phenoxy) is 1. The number of likely N-dealkylation sites (tertiary alicyclic amines) is 1. The Balaban J connectivity index is 1.73. The lowest BCUT2D eigenvalue weighted by molar-refractivity contribution is -0.0190. The van der Waals surface area contributed by atoms with Gasteiger partial charge in [-0.15, -0.1) is 11.3 Å². The first-order chi connectivity index (χ1) is 12.5. The minimum Gasteiger partial charge on any atom is -0.378 e. The first kappa shape index (κ1) is 18.8. The van der Waals surface area contributed by atoms with Crippen LogP contribution in [0.3, 0.4) is 0 Å². The van der Waals surface area contributed by atoms with Gasteiger partial charge in [0.05, 0.1) is 17.5 Å². The van der Waals surface area contributed by atoms with Crippen LogP contribution in [0.1, 0.15) is 57.2 Å². The van der Waals surface area contributed by atoms with Gasteiger partial charge >= 0.3 is 0 Å². The molecule has 2 aromatic heterocycles. The van der Waals surface area contributed by atoms with E-state index in [2.05, 4.69) is 17.1 Å². The number of hydrogen-bond donors (Lipinski definition) is 0. The predicted octanol–water partition coefficient (Wildman–Crippen LogP) is 3.73. The number of carbonyl (C=O) groups is 1. The van der Waals surface area contributed by atoms with Crippen molar-refractivity contribution < 1.29 is 14.1 Å². The fraction of sp³-hybridized carbons (Fsp3) is 0.526. The summed E-state index contributed by atoms with van der Waals surface area (Å²) < 4.78 is 10.6. The molecule has 2 aromatic rings. The van der Waals surface area contributed by atoms with Crippen LogP contribution in [0.25, 0.3) is 12.2 Å². The highest BCUT2D eigenvalue weighted by Gasteiger charge is 2.32. The van der Waals surface area contributed by atoms with E-state index in [4.69, 9.17) is 9.26 Å². The third-order valence-electron chi connectivity index (χ3n) is 4.62. The SMILES string of the molecule is CCCCc1noc(C)c1/C=C/c1nc(C)c(C(=O)N2CC(OC)C2)s1. The van der Waals surface area contributed by atoms with E-state index in [0.717, 1.165) is 47.0 Å². The van der Waals surface area contributed by atoms with Crippen LogP contribution >= 0.6 is 11.3 Å². The number of methoxy groups -OCH3 is 1. The van der Waals surface area contributed by atoms with Crippen LogP contribution in [-0.2, 0) is 11.2 Å². The normalized spacial score (nSPS) is 15.0. The molecule has 26 heavy (non-hydrogen) atoms. The van der Waals surface area contributed by atoms with E-state index in [9.17, 15) is 4.79 Å². The number of amides is 1. The lowest BCUT2D eigenvalue weighted by atomic mass is 10.1. The van der Waals surface area contributed by atoms with Gasteiger partial charge in [-0.05, 0) is 38.8 Å². The maximum Gasteiger partial charge on any atom is 0.266 e. The van der Waals surface area contributed by atoms with Gasteiger partial charge in [-0.1, -0.05) is 18.5 Å². The molecule has 140 valence electrons. The number of aromatic nitrogens is 2. The van der Waals surface area contributed by atoms with Crippen molar-refractivity contribution in [2.75, 3.05) is 20.2 Å². The minimum atomic E-state index is 0.0396. The highest BCUT2D eigenvalue weighted by Crippen LogP contribution is 2.25. The highest BCUT2D eigenvalue weighted by atomic mass is 32.1. The average molecular weight is 375 g/mol. The fourth-order valence-electron chi connectivity index (χ4n) is 2.90. The Morgan fingerprint density at radius 3 is 2.85 bits per heavy atom. The molecule has 3 rings (SSSR count). The van der Waals surface area contributed by atoms with Gasteiger partial charge in [0, 0.05) is 25.8 Å². The van der Waals surface area contributed by atoms with Crippen molar-refractivity contribution in [3.05, 3.63) is 32.6 Å². The van der Waals surface area contributed by atoms with E-state index >= 15 is 0 Å². The van der Waals surface area contributed by atoms with E-state index in [-0.39, 0.29) is 12.0 Å². The molecule has 1 amide bonds. The summed E-state index contributed by atoms with van der Waals surface area (Å²) in [4.78, 5) is 19.6. The lowest BCUT2D eigenvalue weighted by Crippen LogP contribution is -2.54. The predicted molar refractivity (Wildman–Crippen MR) is 102 cm³/mol. The van der Waals surface area contributed by atoms with Crippen molar-refractivity contribution in [2.24, 2.45) is 0 Å². The van der Waals surface area contributed by atoms with Gasteiger partial charge in [-0.3, -0.25) is 4.79 Å². The van der Waals surface area contributed by atoms with E-state index in [1.54, 1.807) is 12.0 Å². The molecule has 0 bridgehead atoms. The number of aryl methyl sites for hydroxylation is 3. The number of hydrogen-bond acceptors (Lipinski definition) is 6. The molecule has 1 fully saturated rings. The highest BCUT2D eigenvalue weighted by molar-refractivity contribution is 7.14. The Morgan fingerprint density at radius 2 is 2.15 bits per heavy atom. The first-order valence-electron chi connectivity index (χ1n) is 8.96. The summed E-state index contributed by atoms with van der Waals surface area (Å²) in [6, 6.07) is 0. The standard InChI is InChI=1S/C19H25N3O3S/c1-5-6-7-16-15(13(3)25-21-16)8-9-17-20-12(2)18(26-17)19(23)22-10-14(11-22)24-4/h8-9,14H,5-7,10-11H2,1-4H3/b9-8+. The van der Waals surface area contributed by atoms with Crippen LogP contribution in [0, 0.1) is 13.8 Å². The smallest absolute Gasteiger partial charge is 0.266 e. The molecule has 6 nitrogen and oxygen atoms in total. The number of thiazole rings is 1. The second-order valence-electron chi connectivity index (χ2n) is 6.57. The summed E-state index contributed by atoms with van der Waals surface area (Å²) in [5.41, 5.74) is 2.77. The minimum absolute atomic E-state index is 0.0396. The van der Waals surface area contributed by atoms with Crippen molar-refractivity contribution in [1.29, 1.82) is 0 Å². The van der Waals surface area contributed by atoms with Crippen LogP contribution < -0.4 is 0 Å². The Bertz CT molecular complexity index is 803. The van der Waals surface area contributed by atoms with Gasteiger partial charge in [0.1, 0.15) is 15.6 Å². The lowest BCUT2D eigenvalue weighted by Gasteiger charge is -2.37.